The van der Waals surface area contributed by atoms with Gasteiger partial charge in [-0.05, 0) is 31.0 Å². The van der Waals surface area contributed by atoms with E-state index in [0.717, 1.165) is 46.6 Å². The van der Waals surface area contributed by atoms with Crippen LogP contribution in [0.1, 0.15) is 25.1 Å². The fourth-order valence-corrected chi connectivity index (χ4v) is 2.81. The van der Waals surface area contributed by atoms with Gasteiger partial charge in [-0.15, -0.1) is 0 Å². The summed E-state index contributed by atoms with van der Waals surface area (Å²) in [6.07, 6.45) is 2.95. The lowest BCUT2D eigenvalue weighted by molar-refractivity contribution is 0.746. The normalized spacial score (nSPS) is 11.4. The summed E-state index contributed by atoms with van der Waals surface area (Å²) in [7, 11) is 1.95. The Morgan fingerprint density at radius 2 is 2.05 bits per heavy atom. The van der Waals surface area contributed by atoms with Gasteiger partial charge in [0.1, 0.15) is 5.82 Å². The molecule has 3 rings (SSSR count). The first-order valence-corrected chi connectivity index (χ1v) is 7.40. The Morgan fingerprint density at radius 1 is 1.24 bits per heavy atom. The molecule has 5 nitrogen and oxygen atoms in total. The van der Waals surface area contributed by atoms with Crippen LogP contribution in [0.25, 0.3) is 22.4 Å². The Labute approximate surface area is 124 Å². The van der Waals surface area contributed by atoms with Crippen molar-refractivity contribution in [2.24, 2.45) is 12.8 Å². The molecule has 2 aromatic heterocycles. The van der Waals surface area contributed by atoms with Crippen LogP contribution in [0.15, 0.2) is 24.4 Å². The molecular formula is C16H21N5. The number of imidazole rings is 1. The Balaban J connectivity index is 2.26. The second-order valence-corrected chi connectivity index (χ2v) is 5.22. The minimum atomic E-state index is 0.539. The van der Waals surface area contributed by atoms with E-state index in [2.05, 4.69) is 47.9 Å². The average molecular weight is 283 g/mol. The third-order valence-corrected chi connectivity index (χ3v) is 3.85. The molecule has 0 saturated heterocycles. The molecule has 2 N–H and O–H groups in total. The molecule has 0 spiro atoms. The molecule has 0 amide bonds. The van der Waals surface area contributed by atoms with Crippen molar-refractivity contribution in [1.82, 2.24) is 19.3 Å². The first kappa shape index (κ1) is 13.8. The lowest BCUT2D eigenvalue weighted by Crippen LogP contribution is -1.99. The van der Waals surface area contributed by atoms with Gasteiger partial charge in [-0.2, -0.15) is 5.10 Å². The van der Waals surface area contributed by atoms with Crippen molar-refractivity contribution in [1.29, 1.82) is 0 Å². The molecular weight excluding hydrogens is 262 g/mol. The molecule has 5 heteroatoms. The van der Waals surface area contributed by atoms with E-state index in [-0.39, 0.29) is 0 Å². The highest BCUT2D eigenvalue weighted by Gasteiger charge is 2.16. The average Bonchev–Trinajstić information content (AvgIpc) is 3.05. The lowest BCUT2D eigenvalue weighted by atomic mass is 10.2. The highest BCUT2D eigenvalue weighted by Crippen LogP contribution is 2.27. The van der Waals surface area contributed by atoms with Crippen molar-refractivity contribution in [3.63, 3.8) is 0 Å². The molecule has 0 unspecified atom stereocenters. The topological polar surface area (TPSA) is 61.7 Å². The smallest absolute Gasteiger partial charge is 0.144 e. The van der Waals surface area contributed by atoms with E-state index in [4.69, 9.17) is 10.7 Å². The molecule has 2 heterocycles. The zero-order valence-electron chi connectivity index (χ0n) is 12.8. The number of hydrogen-bond acceptors (Lipinski definition) is 3. The van der Waals surface area contributed by atoms with Gasteiger partial charge in [0.15, 0.2) is 0 Å². The monoisotopic (exact) mass is 283 g/mol. The van der Waals surface area contributed by atoms with Gasteiger partial charge in [0.2, 0.25) is 0 Å². The highest BCUT2D eigenvalue weighted by molar-refractivity contribution is 5.81. The minimum absolute atomic E-state index is 0.539. The fraction of sp³-hybridized carbons (Fsp3) is 0.375. The van der Waals surface area contributed by atoms with E-state index in [0.29, 0.717) is 6.54 Å². The van der Waals surface area contributed by atoms with Crippen LogP contribution < -0.4 is 5.73 Å². The highest BCUT2D eigenvalue weighted by atomic mass is 15.3. The number of aromatic nitrogens is 4. The van der Waals surface area contributed by atoms with E-state index >= 15 is 0 Å². The summed E-state index contributed by atoms with van der Waals surface area (Å²) < 4.78 is 4.10. The maximum Gasteiger partial charge on any atom is 0.144 e. The van der Waals surface area contributed by atoms with Crippen LogP contribution in [0.4, 0.5) is 0 Å². The third-order valence-electron chi connectivity index (χ3n) is 3.85. The Bertz CT molecular complexity index is 781. The fourth-order valence-electron chi connectivity index (χ4n) is 2.81. The van der Waals surface area contributed by atoms with Gasteiger partial charge in [0, 0.05) is 26.3 Å². The number of fused-ring (bicyclic) bond motifs is 1. The van der Waals surface area contributed by atoms with Crippen molar-refractivity contribution >= 4 is 11.0 Å². The summed E-state index contributed by atoms with van der Waals surface area (Å²) in [6, 6.07) is 6.26. The summed E-state index contributed by atoms with van der Waals surface area (Å²) in [6.45, 7) is 5.68. The molecule has 0 fully saturated rings. The van der Waals surface area contributed by atoms with E-state index in [1.165, 1.54) is 0 Å². The maximum atomic E-state index is 5.73. The molecule has 0 saturated carbocycles. The molecule has 0 aliphatic heterocycles. The molecule has 110 valence electrons. The molecule has 3 aromatic rings. The number of nitrogens with two attached hydrogens (primary N) is 1. The molecule has 0 atom stereocenters. The van der Waals surface area contributed by atoms with Crippen LogP contribution >= 0.6 is 0 Å². The van der Waals surface area contributed by atoms with Gasteiger partial charge >= 0.3 is 0 Å². The van der Waals surface area contributed by atoms with Gasteiger partial charge < -0.3 is 10.3 Å². The van der Waals surface area contributed by atoms with Crippen molar-refractivity contribution in [3.8, 4) is 11.4 Å². The summed E-state index contributed by atoms with van der Waals surface area (Å²) in [5.41, 5.74) is 11.2. The van der Waals surface area contributed by atoms with E-state index in [1.54, 1.807) is 0 Å². The predicted molar refractivity (Wildman–Crippen MR) is 84.9 cm³/mol. The second-order valence-electron chi connectivity index (χ2n) is 5.22. The maximum absolute atomic E-state index is 5.73. The van der Waals surface area contributed by atoms with Crippen molar-refractivity contribution in [2.75, 3.05) is 0 Å². The molecule has 0 aliphatic carbocycles. The molecule has 21 heavy (non-hydrogen) atoms. The standard InChI is InChI=1S/C16H21N5/c1-4-13-12(10-20(3)19-13)16-18-14-8-11(9-17)6-7-15(14)21(16)5-2/h6-8,10H,4-5,9,17H2,1-3H3. The van der Waals surface area contributed by atoms with Crippen LogP contribution in [-0.4, -0.2) is 19.3 Å². The largest absolute Gasteiger partial charge is 0.326 e. The van der Waals surface area contributed by atoms with Gasteiger partial charge in [-0.1, -0.05) is 13.0 Å². The summed E-state index contributed by atoms with van der Waals surface area (Å²) in [5, 5.41) is 4.53. The second kappa shape index (κ2) is 5.33. The predicted octanol–water partition coefficient (Wildman–Crippen LogP) is 2.48. The van der Waals surface area contributed by atoms with Crippen LogP contribution in [0.5, 0.6) is 0 Å². The first-order chi connectivity index (χ1) is 10.2. The number of benzene rings is 1. The molecule has 0 aliphatic rings. The van der Waals surface area contributed by atoms with Gasteiger partial charge in [0.25, 0.3) is 0 Å². The van der Waals surface area contributed by atoms with Crippen molar-refractivity contribution in [2.45, 2.75) is 33.4 Å². The first-order valence-electron chi connectivity index (χ1n) is 7.40. The molecule has 0 bridgehead atoms. The number of rotatable bonds is 4. The number of nitrogens with zero attached hydrogens (tertiary/aromatic N) is 4. The Kier molecular flexibility index (Phi) is 3.51. The summed E-state index contributed by atoms with van der Waals surface area (Å²) in [4.78, 5) is 4.84. The van der Waals surface area contributed by atoms with E-state index < -0.39 is 0 Å². The zero-order chi connectivity index (χ0) is 15.0. The van der Waals surface area contributed by atoms with Gasteiger partial charge in [-0.3, -0.25) is 4.68 Å². The number of aryl methyl sites for hydroxylation is 3. The van der Waals surface area contributed by atoms with Crippen LogP contribution in [0, 0.1) is 0 Å². The zero-order valence-corrected chi connectivity index (χ0v) is 12.8. The van der Waals surface area contributed by atoms with Crippen LogP contribution in [0.3, 0.4) is 0 Å². The van der Waals surface area contributed by atoms with Gasteiger partial charge in [-0.25, -0.2) is 4.98 Å². The van der Waals surface area contributed by atoms with E-state index in [9.17, 15) is 0 Å². The Hall–Kier alpha value is -2.14. The SMILES string of the molecule is CCc1nn(C)cc1-c1nc2cc(CN)ccc2n1CC. The van der Waals surface area contributed by atoms with E-state index in [1.807, 2.05) is 11.7 Å². The lowest BCUT2D eigenvalue weighted by Gasteiger charge is -2.05. The van der Waals surface area contributed by atoms with Crippen LogP contribution in [0.2, 0.25) is 0 Å². The number of hydrogen-bond donors (Lipinski definition) is 1. The Morgan fingerprint density at radius 3 is 2.71 bits per heavy atom. The minimum Gasteiger partial charge on any atom is -0.326 e. The van der Waals surface area contributed by atoms with Crippen molar-refractivity contribution in [3.05, 3.63) is 35.7 Å². The van der Waals surface area contributed by atoms with Crippen molar-refractivity contribution < 1.29 is 0 Å². The third kappa shape index (κ3) is 2.23. The van der Waals surface area contributed by atoms with Gasteiger partial charge in [0.05, 0.1) is 22.3 Å². The summed E-state index contributed by atoms with van der Waals surface area (Å²) >= 11 is 0. The molecule has 0 radical (unpaired) electrons. The van der Waals surface area contributed by atoms with Crippen LogP contribution in [-0.2, 0) is 26.6 Å². The quantitative estimate of drug-likeness (QED) is 0.800. The molecule has 1 aromatic carbocycles. The summed E-state index contributed by atoms with van der Waals surface area (Å²) in [5.74, 6) is 0.992.